The molecule has 0 radical (unpaired) electrons. The number of aliphatic hydroxyl groups excluding tert-OH is 1. The summed E-state index contributed by atoms with van der Waals surface area (Å²) in [6, 6.07) is 5.50. The Hall–Kier alpha value is -1.56. The van der Waals surface area contributed by atoms with Crippen molar-refractivity contribution in [2.24, 2.45) is 0 Å². The molecule has 5 nitrogen and oxygen atoms in total. The Morgan fingerprint density at radius 2 is 2.04 bits per heavy atom. The lowest BCUT2D eigenvalue weighted by Crippen LogP contribution is -2.31. The normalized spacial score (nSPS) is 14.6. The number of benzene rings is 1. The van der Waals surface area contributed by atoms with Crippen molar-refractivity contribution in [2.45, 2.75) is 45.1 Å². The molecule has 0 aliphatic heterocycles. The number of halogens is 1. The van der Waals surface area contributed by atoms with Gasteiger partial charge in [0.05, 0.1) is 5.39 Å². The van der Waals surface area contributed by atoms with Crippen molar-refractivity contribution in [2.75, 3.05) is 19.7 Å². The molecule has 2 aromatic rings. The van der Waals surface area contributed by atoms with E-state index in [1.807, 2.05) is 12.1 Å². The van der Waals surface area contributed by atoms with Crippen LogP contribution in [0.4, 0.5) is 0 Å². The number of hydrogen-bond acceptors (Lipinski definition) is 5. The van der Waals surface area contributed by atoms with E-state index in [0.717, 1.165) is 55.2 Å². The third kappa shape index (κ3) is 4.54. The van der Waals surface area contributed by atoms with Gasteiger partial charge in [0.15, 0.2) is 0 Å². The van der Waals surface area contributed by atoms with Gasteiger partial charge in [-0.2, -0.15) is 0 Å². The van der Waals surface area contributed by atoms with Crippen LogP contribution >= 0.6 is 12.4 Å². The van der Waals surface area contributed by atoms with Crippen LogP contribution in [0.1, 0.15) is 37.3 Å². The van der Waals surface area contributed by atoms with Crippen LogP contribution in [-0.4, -0.2) is 30.9 Å². The molecule has 1 heterocycles. The highest BCUT2D eigenvalue weighted by molar-refractivity contribution is 5.88. The number of ether oxygens (including phenoxy) is 1. The van der Waals surface area contributed by atoms with Crippen molar-refractivity contribution in [3.63, 3.8) is 0 Å². The average Bonchev–Trinajstić information content (AvgIpc) is 2.60. The SMILES string of the molecule is CCCNCC(O)COc1cccc2oc(=O)c3c(c12)CCCC3.Cl. The molecule has 1 aromatic heterocycles. The number of aliphatic hydroxyl groups is 1. The number of hydrogen-bond donors (Lipinski definition) is 2. The van der Waals surface area contributed by atoms with E-state index in [1.54, 1.807) is 6.07 Å². The van der Waals surface area contributed by atoms with Crippen molar-refractivity contribution >= 4 is 23.4 Å². The van der Waals surface area contributed by atoms with E-state index in [2.05, 4.69) is 12.2 Å². The zero-order valence-electron chi connectivity index (χ0n) is 14.5. The Labute approximate surface area is 153 Å². The van der Waals surface area contributed by atoms with E-state index in [-0.39, 0.29) is 24.6 Å². The molecule has 1 aliphatic rings. The van der Waals surface area contributed by atoms with Crippen molar-refractivity contribution < 1.29 is 14.3 Å². The fourth-order valence-electron chi connectivity index (χ4n) is 3.27. The van der Waals surface area contributed by atoms with Crippen LogP contribution in [0.3, 0.4) is 0 Å². The van der Waals surface area contributed by atoms with Gasteiger partial charge in [-0.1, -0.05) is 13.0 Å². The topological polar surface area (TPSA) is 71.7 Å². The summed E-state index contributed by atoms with van der Waals surface area (Å²) in [5, 5.41) is 14.1. The molecule has 3 rings (SSSR count). The van der Waals surface area contributed by atoms with Gasteiger partial charge < -0.3 is 19.6 Å². The van der Waals surface area contributed by atoms with Crippen molar-refractivity contribution in [1.29, 1.82) is 0 Å². The van der Waals surface area contributed by atoms with E-state index in [1.165, 1.54) is 0 Å². The third-order valence-electron chi connectivity index (χ3n) is 4.44. The summed E-state index contributed by atoms with van der Waals surface area (Å²) >= 11 is 0. The summed E-state index contributed by atoms with van der Waals surface area (Å²) in [6.45, 7) is 3.68. The first-order valence-corrected chi connectivity index (χ1v) is 8.80. The molecule has 0 amide bonds. The lowest BCUT2D eigenvalue weighted by atomic mass is 9.90. The van der Waals surface area contributed by atoms with Gasteiger partial charge in [-0.15, -0.1) is 12.4 Å². The smallest absolute Gasteiger partial charge is 0.339 e. The molecular formula is C19H26ClNO4. The van der Waals surface area contributed by atoms with Gasteiger partial charge in [-0.05, 0) is 56.3 Å². The molecule has 0 spiro atoms. The van der Waals surface area contributed by atoms with Crippen LogP contribution in [0.25, 0.3) is 11.0 Å². The molecule has 1 aliphatic carbocycles. The minimum atomic E-state index is -0.571. The standard InChI is InChI=1S/C19H25NO4.ClH/c1-2-10-20-11-13(21)12-23-16-8-5-9-17-18(16)14-6-3-4-7-15(14)19(22)24-17;/h5,8-9,13,20-21H,2-4,6-7,10-12H2,1H3;1H. The van der Waals surface area contributed by atoms with E-state index in [0.29, 0.717) is 17.9 Å². The Morgan fingerprint density at radius 3 is 2.80 bits per heavy atom. The summed E-state index contributed by atoms with van der Waals surface area (Å²) in [5.74, 6) is 0.684. The van der Waals surface area contributed by atoms with Gasteiger partial charge in [0.1, 0.15) is 24.0 Å². The monoisotopic (exact) mass is 367 g/mol. The Kier molecular flexibility index (Phi) is 7.29. The fraction of sp³-hybridized carbons (Fsp3) is 0.526. The molecule has 1 unspecified atom stereocenters. The minimum absolute atomic E-state index is 0. The predicted molar refractivity (Wildman–Crippen MR) is 101 cm³/mol. The molecular weight excluding hydrogens is 342 g/mol. The van der Waals surface area contributed by atoms with Crippen LogP contribution in [0.15, 0.2) is 27.4 Å². The quantitative estimate of drug-likeness (QED) is 0.581. The molecule has 25 heavy (non-hydrogen) atoms. The lowest BCUT2D eigenvalue weighted by Gasteiger charge is -2.19. The second kappa shape index (κ2) is 9.22. The largest absolute Gasteiger partial charge is 0.490 e. The summed E-state index contributed by atoms with van der Waals surface area (Å²) in [6.07, 6.45) is 4.20. The first kappa shape index (κ1) is 19.8. The highest BCUT2D eigenvalue weighted by Gasteiger charge is 2.20. The Balaban J connectivity index is 0.00000225. The molecule has 0 saturated heterocycles. The van der Waals surface area contributed by atoms with E-state index >= 15 is 0 Å². The highest BCUT2D eigenvalue weighted by atomic mass is 35.5. The maximum Gasteiger partial charge on any atom is 0.339 e. The van der Waals surface area contributed by atoms with Crippen LogP contribution in [0, 0.1) is 0 Å². The van der Waals surface area contributed by atoms with Gasteiger partial charge >= 0.3 is 5.63 Å². The second-order valence-electron chi connectivity index (χ2n) is 6.35. The van der Waals surface area contributed by atoms with Crippen LogP contribution in [0.2, 0.25) is 0 Å². The molecule has 0 saturated carbocycles. The summed E-state index contributed by atoms with van der Waals surface area (Å²) in [7, 11) is 0. The van der Waals surface area contributed by atoms with Gasteiger partial charge in [-0.25, -0.2) is 4.79 Å². The van der Waals surface area contributed by atoms with Crippen LogP contribution in [-0.2, 0) is 12.8 Å². The van der Waals surface area contributed by atoms with Crippen molar-refractivity contribution in [3.05, 3.63) is 39.7 Å². The number of nitrogens with one attached hydrogen (secondary N) is 1. The van der Waals surface area contributed by atoms with Gasteiger partial charge in [0, 0.05) is 12.1 Å². The summed E-state index contributed by atoms with van der Waals surface area (Å²) in [4.78, 5) is 12.1. The number of rotatable bonds is 7. The maximum absolute atomic E-state index is 12.1. The number of fused-ring (bicyclic) bond motifs is 3. The molecule has 6 heteroatoms. The van der Waals surface area contributed by atoms with Crippen molar-refractivity contribution in [3.8, 4) is 5.75 Å². The predicted octanol–water partition coefficient (Wildman–Crippen LogP) is 2.83. The summed E-state index contributed by atoms with van der Waals surface area (Å²) < 4.78 is 11.3. The van der Waals surface area contributed by atoms with Gasteiger partial charge in [0.2, 0.25) is 0 Å². The first-order chi connectivity index (χ1) is 11.7. The van der Waals surface area contributed by atoms with E-state index in [4.69, 9.17) is 9.15 Å². The van der Waals surface area contributed by atoms with E-state index in [9.17, 15) is 9.90 Å². The Morgan fingerprint density at radius 1 is 1.28 bits per heavy atom. The zero-order valence-corrected chi connectivity index (χ0v) is 15.4. The molecule has 0 bridgehead atoms. The van der Waals surface area contributed by atoms with E-state index < -0.39 is 6.10 Å². The highest BCUT2D eigenvalue weighted by Crippen LogP contribution is 2.33. The molecule has 138 valence electrons. The third-order valence-corrected chi connectivity index (χ3v) is 4.44. The van der Waals surface area contributed by atoms with Gasteiger partial charge in [-0.3, -0.25) is 0 Å². The fourth-order valence-corrected chi connectivity index (χ4v) is 3.27. The van der Waals surface area contributed by atoms with Crippen LogP contribution in [0.5, 0.6) is 5.75 Å². The minimum Gasteiger partial charge on any atom is -0.490 e. The van der Waals surface area contributed by atoms with Gasteiger partial charge in [0.25, 0.3) is 0 Å². The molecule has 1 aromatic carbocycles. The molecule has 2 N–H and O–H groups in total. The van der Waals surface area contributed by atoms with Crippen molar-refractivity contribution in [1.82, 2.24) is 5.32 Å². The Bertz CT molecular complexity index is 759. The molecule has 0 fully saturated rings. The molecule has 1 atom stereocenters. The average molecular weight is 368 g/mol. The lowest BCUT2D eigenvalue weighted by molar-refractivity contribution is 0.107. The first-order valence-electron chi connectivity index (χ1n) is 8.80. The number of aryl methyl sites for hydroxylation is 1. The maximum atomic E-state index is 12.1. The summed E-state index contributed by atoms with van der Waals surface area (Å²) in [5.41, 5.74) is 2.19. The van der Waals surface area contributed by atoms with Crippen LogP contribution < -0.4 is 15.7 Å². The second-order valence-corrected chi connectivity index (χ2v) is 6.35. The zero-order chi connectivity index (χ0) is 16.9.